The van der Waals surface area contributed by atoms with Crippen molar-refractivity contribution in [2.24, 2.45) is 11.5 Å². The monoisotopic (exact) mass is 171 g/mol. The van der Waals surface area contributed by atoms with Crippen LogP contribution in [0.2, 0.25) is 0 Å². The number of hydrogen-bond donors (Lipinski definition) is 2. The zero-order chi connectivity index (χ0) is 9.14. The predicted molar refractivity (Wildman–Crippen MR) is 47.4 cm³/mol. The fourth-order valence-corrected chi connectivity index (χ4v) is 1.18. The number of nitrogens with zero attached hydrogens (tertiary/aromatic N) is 1. The minimum atomic E-state index is -0.480. The van der Waals surface area contributed by atoms with Crippen LogP contribution in [0, 0.1) is 0 Å². The van der Waals surface area contributed by atoms with Crippen molar-refractivity contribution in [3.63, 3.8) is 0 Å². The number of nitrogens with two attached hydrogens (primary N) is 2. The van der Waals surface area contributed by atoms with E-state index in [1.165, 1.54) is 12.8 Å². The van der Waals surface area contributed by atoms with Gasteiger partial charge < -0.3 is 16.4 Å². The molecule has 1 saturated carbocycles. The van der Waals surface area contributed by atoms with E-state index < -0.39 is 11.9 Å². The van der Waals surface area contributed by atoms with Crippen molar-refractivity contribution in [1.29, 1.82) is 0 Å². The second-order valence-electron chi connectivity index (χ2n) is 3.51. The lowest BCUT2D eigenvalue weighted by molar-refractivity contribution is -0.119. The van der Waals surface area contributed by atoms with E-state index in [2.05, 4.69) is 11.9 Å². The summed E-state index contributed by atoms with van der Waals surface area (Å²) in [6.45, 7) is 0.870. The molecule has 0 aromatic carbocycles. The summed E-state index contributed by atoms with van der Waals surface area (Å²) in [6, 6.07) is 0.247. The highest BCUT2D eigenvalue weighted by Gasteiger charge is 2.26. The molecule has 0 heterocycles. The molecule has 1 aliphatic rings. The first kappa shape index (κ1) is 9.48. The number of amides is 1. The summed E-state index contributed by atoms with van der Waals surface area (Å²) in [5.41, 5.74) is 10.5. The fourth-order valence-electron chi connectivity index (χ4n) is 1.18. The van der Waals surface area contributed by atoms with Crippen molar-refractivity contribution in [2.45, 2.75) is 31.3 Å². The molecular formula is C8H17N3O. The maximum Gasteiger partial charge on any atom is 0.234 e. The Hall–Kier alpha value is -0.610. The summed E-state index contributed by atoms with van der Waals surface area (Å²) in [6.07, 6.45) is 3.23. The van der Waals surface area contributed by atoms with Gasteiger partial charge in [0.2, 0.25) is 5.91 Å². The van der Waals surface area contributed by atoms with E-state index in [1.807, 2.05) is 0 Å². The summed E-state index contributed by atoms with van der Waals surface area (Å²) < 4.78 is 0. The van der Waals surface area contributed by atoms with Crippen LogP contribution in [-0.4, -0.2) is 36.5 Å². The van der Waals surface area contributed by atoms with Crippen molar-refractivity contribution < 1.29 is 4.79 Å². The summed E-state index contributed by atoms with van der Waals surface area (Å²) >= 11 is 0. The Morgan fingerprint density at radius 2 is 2.25 bits per heavy atom. The van der Waals surface area contributed by atoms with Gasteiger partial charge in [0.05, 0.1) is 6.04 Å². The van der Waals surface area contributed by atoms with E-state index in [1.54, 1.807) is 0 Å². The summed E-state index contributed by atoms with van der Waals surface area (Å²) in [7, 11) is 2.06. The molecule has 1 unspecified atom stereocenters. The van der Waals surface area contributed by atoms with Gasteiger partial charge in [-0.25, -0.2) is 0 Å². The molecule has 4 heteroatoms. The third-order valence-electron chi connectivity index (χ3n) is 2.33. The van der Waals surface area contributed by atoms with E-state index in [9.17, 15) is 4.79 Å². The quantitative estimate of drug-likeness (QED) is 0.573. The maximum absolute atomic E-state index is 10.6. The van der Waals surface area contributed by atoms with E-state index in [0.717, 1.165) is 12.6 Å². The molecule has 0 saturated heterocycles. The first-order chi connectivity index (χ1) is 5.61. The van der Waals surface area contributed by atoms with Crippen LogP contribution in [-0.2, 0) is 4.79 Å². The molecule has 4 nitrogen and oxygen atoms in total. The second-order valence-corrected chi connectivity index (χ2v) is 3.51. The topological polar surface area (TPSA) is 72.3 Å². The molecule has 70 valence electrons. The first-order valence-electron chi connectivity index (χ1n) is 4.36. The van der Waals surface area contributed by atoms with Gasteiger partial charge in [0.1, 0.15) is 0 Å². The second kappa shape index (κ2) is 3.87. The number of carbonyl (C=O) groups excluding carboxylic acids is 1. The molecule has 0 bridgehead atoms. The molecular weight excluding hydrogens is 154 g/mol. The highest BCUT2D eigenvalue weighted by molar-refractivity contribution is 5.79. The summed E-state index contributed by atoms with van der Waals surface area (Å²) in [4.78, 5) is 12.8. The van der Waals surface area contributed by atoms with E-state index in [-0.39, 0.29) is 0 Å². The van der Waals surface area contributed by atoms with Gasteiger partial charge in [-0.1, -0.05) is 0 Å². The van der Waals surface area contributed by atoms with Gasteiger partial charge in [0.25, 0.3) is 0 Å². The number of rotatable bonds is 5. The lowest BCUT2D eigenvalue weighted by Crippen LogP contribution is -2.39. The Balaban J connectivity index is 2.11. The van der Waals surface area contributed by atoms with Gasteiger partial charge in [-0.2, -0.15) is 0 Å². The molecule has 0 radical (unpaired) electrons. The van der Waals surface area contributed by atoms with Crippen LogP contribution in [0.1, 0.15) is 19.3 Å². The smallest absolute Gasteiger partial charge is 0.234 e. The van der Waals surface area contributed by atoms with Crippen LogP contribution in [0.15, 0.2) is 0 Å². The minimum absolute atomic E-state index is 0.404. The van der Waals surface area contributed by atoms with Crippen molar-refractivity contribution in [3.8, 4) is 0 Å². The fraction of sp³-hybridized carbons (Fsp3) is 0.875. The summed E-state index contributed by atoms with van der Waals surface area (Å²) in [5.74, 6) is -0.404. The molecule has 1 fully saturated rings. The number of hydrogen-bond acceptors (Lipinski definition) is 3. The molecule has 0 aliphatic heterocycles. The predicted octanol–water partition coefficient (Wildman–Crippen LogP) is -0.717. The molecule has 12 heavy (non-hydrogen) atoms. The van der Waals surface area contributed by atoms with Crippen LogP contribution in [0.25, 0.3) is 0 Å². The molecule has 0 spiro atoms. The Kier molecular flexibility index (Phi) is 3.05. The average Bonchev–Trinajstić information content (AvgIpc) is 2.81. The Labute approximate surface area is 72.9 Å². The van der Waals surface area contributed by atoms with Gasteiger partial charge in [0.15, 0.2) is 0 Å². The van der Waals surface area contributed by atoms with Gasteiger partial charge in [-0.15, -0.1) is 0 Å². The van der Waals surface area contributed by atoms with Crippen LogP contribution in [0.5, 0.6) is 0 Å². The van der Waals surface area contributed by atoms with Crippen LogP contribution < -0.4 is 11.5 Å². The van der Waals surface area contributed by atoms with Crippen LogP contribution >= 0.6 is 0 Å². The van der Waals surface area contributed by atoms with E-state index in [4.69, 9.17) is 11.5 Å². The van der Waals surface area contributed by atoms with Gasteiger partial charge in [0, 0.05) is 12.6 Å². The van der Waals surface area contributed by atoms with Crippen molar-refractivity contribution >= 4 is 5.91 Å². The Morgan fingerprint density at radius 1 is 1.67 bits per heavy atom. The van der Waals surface area contributed by atoms with Crippen molar-refractivity contribution in [3.05, 3.63) is 0 Å². The van der Waals surface area contributed by atoms with E-state index >= 15 is 0 Å². The van der Waals surface area contributed by atoms with Gasteiger partial charge in [-0.05, 0) is 26.3 Å². The van der Waals surface area contributed by atoms with Crippen LogP contribution in [0.4, 0.5) is 0 Å². The summed E-state index contributed by atoms with van der Waals surface area (Å²) in [5, 5.41) is 0. The zero-order valence-electron chi connectivity index (χ0n) is 7.49. The van der Waals surface area contributed by atoms with Crippen molar-refractivity contribution in [1.82, 2.24) is 4.90 Å². The minimum Gasteiger partial charge on any atom is -0.368 e. The van der Waals surface area contributed by atoms with Crippen molar-refractivity contribution in [2.75, 3.05) is 13.6 Å². The number of carbonyl (C=O) groups is 1. The maximum atomic E-state index is 10.6. The lowest BCUT2D eigenvalue weighted by atomic mass is 10.2. The van der Waals surface area contributed by atoms with Gasteiger partial charge >= 0.3 is 0 Å². The highest BCUT2D eigenvalue weighted by Crippen LogP contribution is 2.25. The van der Waals surface area contributed by atoms with Gasteiger partial charge in [-0.3, -0.25) is 4.79 Å². The molecule has 1 atom stereocenters. The molecule has 1 amide bonds. The van der Waals surface area contributed by atoms with E-state index in [0.29, 0.717) is 6.42 Å². The molecule has 4 N–H and O–H groups in total. The molecule has 0 aromatic heterocycles. The highest BCUT2D eigenvalue weighted by atomic mass is 16.1. The molecule has 0 aromatic rings. The molecule has 1 rings (SSSR count). The first-order valence-corrected chi connectivity index (χ1v) is 4.36. The largest absolute Gasteiger partial charge is 0.368 e. The molecule has 1 aliphatic carbocycles. The standard InChI is InChI=1S/C8H17N3O/c1-11(6-2-3-6)5-4-7(9)8(10)12/h6-7H,2-5,9H2,1H3,(H2,10,12). The SMILES string of the molecule is CN(CCC(N)C(N)=O)C1CC1. The Bertz CT molecular complexity index is 168. The third kappa shape index (κ3) is 2.79. The average molecular weight is 171 g/mol. The zero-order valence-corrected chi connectivity index (χ0v) is 7.49. The number of primary amides is 1. The Morgan fingerprint density at radius 3 is 2.67 bits per heavy atom. The van der Waals surface area contributed by atoms with Crippen LogP contribution in [0.3, 0.4) is 0 Å². The lowest BCUT2D eigenvalue weighted by Gasteiger charge is -2.16. The normalized spacial score (nSPS) is 19.6. The third-order valence-corrected chi connectivity index (χ3v) is 2.33.